The minimum absolute atomic E-state index is 0.106. The number of benzene rings is 2. The average molecular weight is 354 g/mol. The van der Waals surface area contributed by atoms with Crippen molar-refractivity contribution in [2.45, 2.75) is 26.4 Å². The standard InChI is InChI=1S/C20H19FN2O3/c1-3-25-19-9-13-6-11(2)26-18(13)10-16(19)23-20(24)17-8-12-7-14(21)4-5-15(12)22-17/h4-5,7-11,22H,3,6H2,1-2H3,(H,23,24)/t11-/m0/s1. The molecule has 0 radical (unpaired) electrons. The monoisotopic (exact) mass is 354 g/mol. The number of hydrogen-bond donors (Lipinski definition) is 2. The van der Waals surface area contributed by atoms with Crippen LogP contribution in [0.15, 0.2) is 36.4 Å². The fourth-order valence-electron chi connectivity index (χ4n) is 3.23. The molecule has 6 heteroatoms. The summed E-state index contributed by atoms with van der Waals surface area (Å²) in [6.45, 7) is 4.39. The van der Waals surface area contributed by atoms with Gasteiger partial charge in [-0.25, -0.2) is 4.39 Å². The molecule has 0 unspecified atom stereocenters. The molecule has 1 amide bonds. The van der Waals surface area contributed by atoms with Crippen LogP contribution in [0.1, 0.15) is 29.9 Å². The Balaban J connectivity index is 1.65. The number of anilines is 1. The summed E-state index contributed by atoms with van der Waals surface area (Å²) in [7, 11) is 0. The number of rotatable bonds is 4. The van der Waals surface area contributed by atoms with Crippen LogP contribution in [-0.4, -0.2) is 23.6 Å². The van der Waals surface area contributed by atoms with E-state index >= 15 is 0 Å². The molecule has 5 nitrogen and oxygen atoms in total. The van der Waals surface area contributed by atoms with Crippen molar-refractivity contribution in [3.8, 4) is 11.5 Å². The lowest BCUT2D eigenvalue weighted by Gasteiger charge is -2.13. The van der Waals surface area contributed by atoms with Gasteiger partial charge in [0, 0.05) is 29.0 Å². The molecule has 1 aromatic heterocycles. The summed E-state index contributed by atoms with van der Waals surface area (Å²) in [6.07, 6.45) is 0.922. The largest absolute Gasteiger partial charge is 0.492 e. The number of aromatic nitrogens is 1. The molecule has 0 fully saturated rings. The molecule has 2 N–H and O–H groups in total. The first kappa shape index (κ1) is 16.4. The van der Waals surface area contributed by atoms with Crippen molar-refractivity contribution in [3.63, 3.8) is 0 Å². The second-order valence-corrected chi connectivity index (χ2v) is 6.39. The van der Waals surface area contributed by atoms with E-state index in [0.717, 1.165) is 17.7 Å². The molecule has 4 rings (SSSR count). The molecule has 0 spiro atoms. The summed E-state index contributed by atoms with van der Waals surface area (Å²) in [5.74, 6) is 0.704. The van der Waals surface area contributed by atoms with Crippen LogP contribution in [0.5, 0.6) is 11.5 Å². The van der Waals surface area contributed by atoms with Crippen molar-refractivity contribution in [3.05, 3.63) is 53.5 Å². The van der Waals surface area contributed by atoms with Crippen molar-refractivity contribution >= 4 is 22.5 Å². The zero-order valence-corrected chi connectivity index (χ0v) is 14.6. The Kier molecular flexibility index (Phi) is 4.03. The first-order valence-electron chi connectivity index (χ1n) is 8.59. The third kappa shape index (κ3) is 2.98. The molecule has 0 aliphatic carbocycles. The summed E-state index contributed by atoms with van der Waals surface area (Å²) in [5, 5.41) is 3.51. The lowest BCUT2D eigenvalue weighted by atomic mass is 10.1. The Morgan fingerprint density at radius 1 is 1.35 bits per heavy atom. The Morgan fingerprint density at radius 2 is 2.19 bits per heavy atom. The van der Waals surface area contributed by atoms with Crippen molar-refractivity contribution in [1.29, 1.82) is 0 Å². The maximum Gasteiger partial charge on any atom is 0.272 e. The molecular formula is C20H19FN2O3. The summed E-state index contributed by atoms with van der Waals surface area (Å²) >= 11 is 0. The first-order valence-corrected chi connectivity index (χ1v) is 8.59. The smallest absolute Gasteiger partial charge is 0.272 e. The number of halogens is 1. The summed E-state index contributed by atoms with van der Waals surface area (Å²) in [5.41, 5.74) is 2.67. The quantitative estimate of drug-likeness (QED) is 0.735. The lowest BCUT2D eigenvalue weighted by molar-refractivity contribution is 0.102. The van der Waals surface area contributed by atoms with Gasteiger partial charge in [0.1, 0.15) is 29.1 Å². The number of aromatic amines is 1. The van der Waals surface area contributed by atoms with Crippen LogP contribution >= 0.6 is 0 Å². The molecule has 1 aliphatic rings. The molecule has 26 heavy (non-hydrogen) atoms. The van der Waals surface area contributed by atoms with Crippen LogP contribution < -0.4 is 14.8 Å². The zero-order chi connectivity index (χ0) is 18.3. The van der Waals surface area contributed by atoms with Crippen LogP contribution in [0.25, 0.3) is 10.9 Å². The van der Waals surface area contributed by atoms with Gasteiger partial charge in [-0.05, 0) is 44.2 Å². The summed E-state index contributed by atoms with van der Waals surface area (Å²) in [6, 6.07) is 9.69. The van der Waals surface area contributed by atoms with Crippen LogP contribution in [0, 0.1) is 5.82 Å². The van der Waals surface area contributed by atoms with E-state index in [0.29, 0.717) is 34.6 Å². The van der Waals surface area contributed by atoms with E-state index < -0.39 is 0 Å². The van der Waals surface area contributed by atoms with Gasteiger partial charge in [0.05, 0.1) is 12.3 Å². The highest BCUT2D eigenvalue weighted by Gasteiger charge is 2.23. The maximum atomic E-state index is 13.3. The molecule has 0 saturated carbocycles. The minimum Gasteiger partial charge on any atom is -0.492 e. The van der Waals surface area contributed by atoms with E-state index in [1.165, 1.54) is 12.1 Å². The molecule has 2 aromatic carbocycles. The highest BCUT2D eigenvalue weighted by Crippen LogP contribution is 2.38. The van der Waals surface area contributed by atoms with Crippen LogP contribution in [0.2, 0.25) is 0 Å². The zero-order valence-electron chi connectivity index (χ0n) is 14.6. The van der Waals surface area contributed by atoms with Crippen LogP contribution in [0.4, 0.5) is 10.1 Å². The molecule has 1 aliphatic heterocycles. The van der Waals surface area contributed by atoms with E-state index in [-0.39, 0.29) is 17.8 Å². The highest BCUT2D eigenvalue weighted by atomic mass is 19.1. The summed E-state index contributed by atoms with van der Waals surface area (Å²) < 4.78 is 24.8. The number of fused-ring (bicyclic) bond motifs is 2. The predicted molar refractivity (Wildman–Crippen MR) is 97.6 cm³/mol. The Bertz CT molecular complexity index is 996. The van der Waals surface area contributed by atoms with Gasteiger partial charge in [-0.2, -0.15) is 0 Å². The minimum atomic E-state index is -0.341. The van der Waals surface area contributed by atoms with Crippen molar-refractivity contribution in [1.82, 2.24) is 4.98 Å². The number of hydrogen-bond acceptors (Lipinski definition) is 3. The molecule has 1 atom stereocenters. The second-order valence-electron chi connectivity index (χ2n) is 6.39. The van der Waals surface area contributed by atoms with Gasteiger partial charge in [-0.1, -0.05) is 0 Å². The van der Waals surface area contributed by atoms with Crippen molar-refractivity contribution in [2.75, 3.05) is 11.9 Å². The van der Waals surface area contributed by atoms with Gasteiger partial charge in [0.2, 0.25) is 0 Å². The molecule has 2 heterocycles. The fraction of sp³-hybridized carbons (Fsp3) is 0.250. The maximum absolute atomic E-state index is 13.3. The Hall–Kier alpha value is -3.02. The van der Waals surface area contributed by atoms with Crippen molar-refractivity contribution < 1.29 is 18.7 Å². The van der Waals surface area contributed by atoms with Gasteiger partial charge in [-0.3, -0.25) is 4.79 Å². The molecular weight excluding hydrogens is 335 g/mol. The first-order chi connectivity index (χ1) is 12.5. The lowest BCUT2D eigenvalue weighted by Crippen LogP contribution is -2.13. The van der Waals surface area contributed by atoms with Crippen molar-refractivity contribution in [2.24, 2.45) is 0 Å². The number of amides is 1. The van der Waals surface area contributed by atoms with Gasteiger partial charge in [-0.15, -0.1) is 0 Å². The Morgan fingerprint density at radius 3 is 3.00 bits per heavy atom. The number of nitrogens with one attached hydrogen (secondary N) is 2. The van der Waals surface area contributed by atoms with Crippen LogP contribution in [0.3, 0.4) is 0 Å². The number of H-pyrrole nitrogens is 1. The van der Waals surface area contributed by atoms with Gasteiger partial charge in [0.25, 0.3) is 5.91 Å². The third-order valence-electron chi connectivity index (χ3n) is 4.37. The molecule has 0 saturated heterocycles. The van der Waals surface area contributed by atoms with Gasteiger partial charge in [0.15, 0.2) is 0 Å². The fourth-order valence-corrected chi connectivity index (χ4v) is 3.23. The molecule has 134 valence electrons. The van der Waals surface area contributed by atoms with Gasteiger partial charge < -0.3 is 19.8 Å². The van der Waals surface area contributed by atoms with E-state index in [1.807, 2.05) is 19.9 Å². The van der Waals surface area contributed by atoms with Gasteiger partial charge >= 0.3 is 0 Å². The predicted octanol–water partition coefficient (Wildman–Crippen LogP) is 4.28. The number of carbonyl (C=O) groups is 1. The number of ether oxygens (including phenoxy) is 2. The van der Waals surface area contributed by atoms with E-state index in [1.54, 1.807) is 18.2 Å². The SMILES string of the molecule is CCOc1cc2c(cc1NC(=O)c1cc3cc(F)ccc3[nH]1)O[C@@H](C)C2. The van der Waals surface area contributed by atoms with Crippen LogP contribution in [-0.2, 0) is 6.42 Å². The van der Waals surface area contributed by atoms with E-state index in [4.69, 9.17) is 9.47 Å². The third-order valence-corrected chi connectivity index (χ3v) is 4.37. The average Bonchev–Trinajstić information content (AvgIpc) is 3.17. The van der Waals surface area contributed by atoms with E-state index in [2.05, 4.69) is 10.3 Å². The van der Waals surface area contributed by atoms with E-state index in [9.17, 15) is 9.18 Å². The molecule has 0 bridgehead atoms. The topological polar surface area (TPSA) is 63.3 Å². The summed E-state index contributed by atoms with van der Waals surface area (Å²) in [4.78, 5) is 15.7. The Labute approximate surface area is 150 Å². The molecule has 3 aromatic rings. The number of carbonyl (C=O) groups excluding carboxylic acids is 1. The normalized spacial score (nSPS) is 15.6. The highest BCUT2D eigenvalue weighted by molar-refractivity contribution is 6.06. The second kappa shape index (κ2) is 6.37.